The van der Waals surface area contributed by atoms with E-state index >= 15 is 0 Å². The lowest BCUT2D eigenvalue weighted by molar-refractivity contribution is -0.133. The molecule has 4 aromatic carbocycles. The maximum absolute atomic E-state index is 14.4. The van der Waals surface area contributed by atoms with Crippen LogP contribution in [0.4, 0.5) is 0 Å². The highest BCUT2D eigenvalue weighted by Gasteiger charge is 2.51. The van der Waals surface area contributed by atoms with Crippen molar-refractivity contribution in [3.8, 4) is 22.6 Å². The largest absolute Gasteiger partial charge is 0.497 e. The molecule has 0 radical (unpaired) electrons. The third kappa shape index (κ3) is 4.89. The summed E-state index contributed by atoms with van der Waals surface area (Å²) in [6.45, 7) is 0.549. The van der Waals surface area contributed by atoms with Gasteiger partial charge in [0.15, 0.2) is 0 Å². The molecule has 1 saturated heterocycles. The van der Waals surface area contributed by atoms with Crippen molar-refractivity contribution in [3.05, 3.63) is 131 Å². The van der Waals surface area contributed by atoms with Gasteiger partial charge in [-0.05, 0) is 64.4 Å². The van der Waals surface area contributed by atoms with Crippen LogP contribution in [-0.4, -0.2) is 25.0 Å². The zero-order valence-electron chi connectivity index (χ0n) is 22.7. The Hall–Kier alpha value is -4.02. The molecule has 4 nitrogen and oxygen atoms in total. The monoisotopic (exact) mass is 549 g/mol. The predicted octanol–water partition coefficient (Wildman–Crippen LogP) is 8.08. The summed E-state index contributed by atoms with van der Waals surface area (Å²) in [5.41, 5.74) is 5.59. The van der Waals surface area contributed by atoms with E-state index in [-0.39, 0.29) is 29.7 Å². The second-order valence-corrected chi connectivity index (χ2v) is 10.9. The first kappa shape index (κ1) is 26.2. The first-order chi connectivity index (χ1) is 19.6. The lowest BCUT2D eigenvalue weighted by Crippen LogP contribution is -2.31. The van der Waals surface area contributed by atoms with Crippen LogP contribution in [0.25, 0.3) is 11.1 Å². The van der Waals surface area contributed by atoms with Crippen molar-refractivity contribution in [3.63, 3.8) is 0 Å². The van der Waals surface area contributed by atoms with Gasteiger partial charge in [0.05, 0.1) is 31.2 Å². The Kier molecular flexibility index (Phi) is 7.36. The number of allylic oxidation sites excluding steroid dienone is 1. The van der Waals surface area contributed by atoms with Crippen LogP contribution in [0.2, 0.25) is 5.02 Å². The lowest BCUT2D eigenvalue weighted by atomic mass is 9.71. The summed E-state index contributed by atoms with van der Waals surface area (Å²) in [6.07, 6.45) is 5.33. The molecule has 0 spiro atoms. The molecule has 202 valence electrons. The van der Waals surface area contributed by atoms with Gasteiger partial charge in [-0.25, -0.2) is 0 Å². The number of methoxy groups -OCH3 is 2. The predicted molar refractivity (Wildman–Crippen MR) is 160 cm³/mol. The first-order valence-corrected chi connectivity index (χ1v) is 14.0. The summed E-state index contributed by atoms with van der Waals surface area (Å²) in [7, 11) is 3.29. The maximum Gasteiger partial charge on any atom is 0.227 e. The first-order valence-electron chi connectivity index (χ1n) is 13.7. The van der Waals surface area contributed by atoms with Gasteiger partial charge >= 0.3 is 0 Å². The Balaban J connectivity index is 1.39. The number of rotatable bonds is 7. The van der Waals surface area contributed by atoms with E-state index in [1.54, 1.807) is 14.2 Å². The number of likely N-dealkylation sites (tertiary alicyclic amines) is 1. The van der Waals surface area contributed by atoms with Crippen LogP contribution in [-0.2, 0) is 11.3 Å². The van der Waals surface area contributed by atoms with E-state index in [1.165, 1.54) is 5.56 Å². The highest BCUT2D eigenvalue weighted by atomic mass is 35.5. The lowest BCUT2D eigenvalue weighted by Gasteiger charge is -2.31. The number of fused-ring (bicyclic) bond motifs is 1. The fourth-order valence-electron chi connectivity index (χ4n) is 6.39. The summed E-state index contributed by atoms with van der Waals surface area (Å²) in [5.74, 6) is 1.61. The Morgan fingerprint density at radius 3 is 2.35 bits per heavy atom. The number of ether oxygens (including phenoxy) is 2. The number of carbonyl (C=O) groups excluding carboxylic acids is 1. The van der Waals surface area contributed by atoms with Crippen LogP contribution in [0.1, 0.15) is 35.1 Å². The molecule has 1 heterocycles. The van der Waals surface area contributed by atoms with Gasteiger partial charge in [0.1, 0.15) is 11.5 Å². The van der Waals surface area contributed by atoms with Crippen molar-refractivity contribution < 1.29 is 14.3 Å². The van der Waals surface area contributed by atoms with Gasteiger partial charge < -0.3 is 14.4 Å². The van der Waals surface area contributed by atoms with Crippen LogP contribution < -0.4 is 9.47 Å². The van der Waals surface area contributed by atoms with E-state index in [0.29, 0.717) is 17.3 Å². The van der Waals surface area contributed by atoms with Crippen molar-refractivity contribution in [1.29, 1.82) is 0 Å². The third-order valence-corrected chi connectivity index (χ3v) is 8.61. The van der Waals surface area contributed by atoms with E-state index < -0.39 is 0 Å². The third-order valence-electron chi connectivity index (χ3n) is 8.32. The number of nitrogens with zero attached hydrogens (tertiary/aromatic N) is 1. The maximum atomic E-state index is 14.4. The fraction of sp³-hybridized carbons (Fsp3) is 0.229. The second kappa shape index (κ2) is 11.2. The summed E-state index contributed by atoms with van der Waals surface area (Å²) in [5, 5.41) is 0.555. The van der Waals surface area contributed by atoms with E-state index in [9.17, 15) is 4.79 Å². The minimum Gasteiger partial charge on any atom is -0.497 e. The van der Waals surface area contributed by atoms with E-state index in [1.807, 2.05) is 48.5 Å². The number of hydrogen-bond acceptors (Lipinski definition) is 3. The fourth-order valence-corrected chi connectivity index (χ4v) is 6.66. The molecule has 1 fully saturated rings. The molecule has 0 saturated carbocycles. The van der Waals surface area contributed by atoms with Gasteiger partial charge in [-0.1, -0.05) is 96.5 Å². The zero-order chi connectivity index (χ0) is 27.6. The van der Waals surface area contributed by atoms with Crippen molar-refractivity contribution in [2.24, 2.45) is 11.8 Å². The SMILES string of the molecule is COc1ccc(-c2cccc([C@H]3CC=C[C@@H]4[C@@H]3C(=O)N(Cc3ccccc3)[C@H]4c3ccc(OC)c(Cl)c3)c2)cc1. The highest BCUT2D eigenvalue weighted by Crippen LogP contribution is 2.52. The summed E-state index contributed by atoms with van der Waals surface area (Å²) in [4.78, 5) is 16.4. The normalized spacial score (nSPS) is 21.8. The van der Waals surface area contributed by atoms with Gasteiger partial charge in [0.2, 0.25) is 5.91 Å². The molecule has 40 heavy (non-hydrogen) atoms. The number of benzene rings is 4. The Morgan fingerprint density at radius 2 is 1.62 bits per heavy atom. The standard InChI is InChI=1S/C35H32ClNO3/c1-39-28-17-14-24(15-18-28)25-10-6-11-26(20-25)29-12-7-13-30-33(29)35(38)37(22-23-8-4-3-5-9-23)34(30)27-16-19-32(40-2)31(36)21-27/h3-11,13-21,29-30,33-34H,12,22H2,1-2H3/t29-,30-,33-,34+/m1/s1. The molecule has 0 unspecified atom stereocenters. The number of hydrogen-bond donors (Lipinski definition) is 0. The van der Waals surface area contributed by atoms with Crippen molar-refractivity contribution >= 4 is 17.5 Å². The number of halogens is 1. The molecule has 5 heteroatoms. The molecule has 0 aromatic heterocycles. The average Bonchev–Trinajstić information content (AvgIpc) is 3.28. The molecule has 2 aliphatic rings. The van der Waals surface area contributed by atoms with Crippen LogP contribution >= 0.6 is 11.6 Å². The molecule has 0 N–H and O–H groups in total. The Bertz CT molecular complexity index is 1530. The molecule has 1 aliphatic heterocycles. The van der Waals surface area contributed by atoms with Crippen LogP contribution in [0.15, 0.2) is 109 Å². The smallest absolute Gasteiger partial charge is 0.227 e. The summed E-state index contributed by atoms with van der Waals surface area (Å²) >= 11 is 6.59. The van der Waals surface area contributed by atoms with Crippen molar-refractivity contribution in [1.82, 2.24) is 4.90 Å². The minimum absolute atomic E-state index is 0.0315. The number of amides is 1. The molecule has 1 aliphatic carbocycles. The molecule has 1 amide bonds. The van der Waals surface area contributed by atoms with Gasteiger partial charge in [-0.15, -0.1) is 0 Å². The Morgan fingerprint density at radius 1 is 0.825 bits per heavy atom. The van der Waals surface area contributed by atoms with E-state index in [0.717, 1.165) is 34.4 Å². The van der Waals surface area contributed by atoms with Crippen molar-refractivity contribution in [2.45, 2.75) is 24.9 Å². The van der Waals surface area contributed by atoms with Crippen LogP contribution in [0.3, 0.4) is 0 Å². The summed E-state index contributed by atoms with van der Waals surface area (Å²) < 4.78 is 10.8. The van der Waals surface area contributed by atoms with Gasteiger partial charge in [-0.3, -0.25) is 4.79 Å². The molecule has 4 aromatic rings. The van der Waals surface area contributed by atoms with Gasteiger partial charge in [0, 0.05) is 12.5 Å². The number of carbonyl (C=O) groups is 1. The van der Waals surface area contributed by atoms with Crippen molar-refractivity contribution in [2.75, 3.05) is 14.2 Å². The Labute approximate surface area is 240 Å². The molecule has 6 rings (SSSR count). The highest BCUT2D eigenvalue weighted by molar-refractivity contribution is 6.32. The minimum atomic E-state index is -0.161. The molecule has 4 atom stereocenters. The molecular weight excluding hydrogens is 518 g/mol. The van der Waals surface area contributed by atoms with Gasteiger partial charge in [0.25, 0.3) is 0 Å². The topological polar surface area (TPSA) is 38.8 Å². The van der Waals surface area contributed by atoms with E-state index in [2.05, 4.69) is 65.6 Å². The van der Waals surface area contributed by atoms with Gasteiger partial charge in [-0.2, -0.15) is 0 Å². The molecule has 0 bridgehead atoms. The molecular formula is C35H32ClNO3. The van der Waals surface area contributed by atoms with Crippen LogP contribution in [0, 0.1) is 11.8 Å². The average molecular weight is 550 g/mol. The van der Waals surface area contributed by atoms with E-state index in [4.69, 9.17) is 21.1 Å². The summed E-state index contributed by atoms with van der Waals surface area (Å²) in [6, 6.07) is 32.8. The second-order valence-electron chi connectivity index (χ2n) is 10.5. The quantitative estimate of drug-likeness (QED) is 0.219. The van der Waals surface area contributed by atoms with Crippen LogP contribution in [0.5, 0.6) is 11.5 Å². The zero-order valence-corrected chi connectivity index (χ0v) is 23.4.